The van der Waals surface area contributed by atoms with Gasteiger partial charge in [0.25, 0.3) is 5.91 Å². The van der Waals surface area contributed by atoms with Crippen LogP contribution in [0.5, 0.6) is 5.75 Å². The summed E-state index contributed by atoms with van der Waals surface area (Å²) in [5, 5.41) is 25.7. The van der Waals surface area contributed by atoms with Crippen LogP contribution < -0.4 is 5.32 Å². The van der Waals surface area contributed by atoms with Crippen molar-refractivity contribution in [3.8, 4) is 5.75 Å². The highest BCUT2D eigenvalue weighted by Crippen LogP contribution is 2.26. The summed E-state index contributed by atoms with van der Waals surface area (Å²) >= 11 is 1.54. The van der Waals surface area contributed by atoms with Crippen LogP contribution in [0, 0.1) is 10.1 Å². The van der Waals surface area contributed by atoms with E-state index in [1.807, 2.05) is 19.2 Å². The largest absolute Gasteiger partial charge is 0.502 e. The quantitative estimate of drug-likeness (QED) is 0.650. The molecule has 1 aromatic carbocycles. The predicted octanol–water partition coefficient (Wildman–Crippen LogP) is 2.81. The maximum absolute atomic E-state index is 12.0. The van der Waals surface area contributed by atoms with E-state index in [4.69, 9.17) is 0 Å². The molecule has 8 heteroatoms. The minimum absolute atomic E-state index is 0.155. The van der Waals surface area contributed by atoms with E-state index in [2.05, 4.69) is 10.3 Å². The highest BCUT2D eigenvalue weighted by Gasteiger charge is 2.16. The van der Waals surface area contributed by atoms with Crippen molar-refractivity contribution in [2.45, 2.75) is 26.3 Å². The molecule has 0 fully saturated rings. The minimum Gasteiger partial charge on any atom is -0.502 e. The first-order valence-corrected chi connectivity index (χ1v) is 7.46. The fraction of sp³-hybridized carbons (Fsp3) is 0.286. The van der Waals surface area contributed by atoms with Crippen LogP contribution in [0.1, 0.15) is 40.8 Å². The van der Waals surface area contributed by atoms with Gasteiger partial charge < -0.3 is 10.4 Å². The maximum Gasteiger partial charge on any atom is 0.310 e. The molecule has 1 amide bonds. The zero-order chi connectivity index (χ0) is 16.3. The number of phenols is 1. The number of carbonyl (C=O) groups excluding carboxylic acids is 1. The number of nitrogens with one attached hydrogen (secondary N) is 1. The second kappa shape index (κ2) is 6.52. The number of hydrogen-bond acceptors (Lipinski definition) is 6. The average molecular weight is 321 g/mol. The monoisotopic (exact) mass is 321 g/mol. The van der Waals surface area contributed by atoms with Crippen LogP contribution in [-0.2, 0) is 6.54 Å². The molecule has 0 aliphatic carbocycles. The standard InChI is InChI=1S/C14H15N3O4S/c1-8(2)14-16-10(7-22-14)6-15-13(19)9-3-4-11(17(20)21)12(18)5-9/h3-5,7-8,18H,6H2,1-2H3,(H,15,19). The Kier molecular flexibility index (Phi) is 4.71. The number of benzene rings is 1. The number of nitrogens with zero attached hydrogens (tertiary/aromatic N) is 2. The van der Waals surface area contributed by atoms with Gasteiger partial charge >= 0.3 is 5.69 Å². The smallest absolute Gasteiger partial charge is 0.310 e. The third-order valence-electron chi connectivity index (χ3n) is 2.93. The van der Waals surface area contributed by atoms with Gasteiger partial charge in [-0.3, -0.25) is 14.9 Å². The lowest BCUT2D eigenvalue weighted by molar-refractivity contribution is -0.385. The molecule has 0 bridgehead atoms. The third-order valence-corrected chi connectivity index (χ3v) is 4.12. The molecular weight excluding hydrogens is 306 g/mol. The van der Waals surface area contributed by atoms with Gasteiger partial charge in [-0.2, -0.15) is 0 Å². The molecule has 0 saturated heterocycles. The zero-order valence-electron chi connectivity index (χ0n) is 12.1. The molecule has 2 rings (SSSR count). The van der Waals surface area contributed by atoms with Crippen molar-refractivity contribution < 1.29 is 14.8 Å². The van der Waals surface area contributed by atoms with Gasteiger partial charge in [0.2, 0.25) is 0 Å². The van der Waals surface area contributed by atoms with E-state index in [-0.39, 0.29) is 12.1 Å². The van der Waals surface area contributed by atoms with Gasteiger partial charge in [-0.15, -0.1) is 11.3 Å². The Labute approximate surface area is 130 Å². The summed E-state index contributed by atoms with van der Waals surface area (Å²) in [7, 11) is 0. The maximum atomic E-state index is 12.0. The van der Waals surface area contributed by atoms with E-state index < -0.39 is 22.3 Å². The average Bonchev–Trinajstić information content (AvgIpc) is 2.93. The molecular formula is C14H15N3O4S. The van der Waals surface area contributed by atoms with E-state index in [0.717, 1.165) is 22.8 Å². The summed E-state index contributed by atoms with van der Waals surface area (Å²) in [6, 6.07) is 3.48. The van der Waals surface area contributed by atoms with Crippen LogP contribution in [-0.4, -0.2) is 20.9 Å². The van der Waals surface area contributed by atoms with Crippen LogP contribution in [0.2, 0.25) is 0 Å². The highest BCUT2D eigenvalue weighted by molar-refractivity contribution is 7.09. The fourth-order valence-corrected chi connectivity index (χ4v) is 2.60. The molecule has 0 unspecified atom stereocenters. The van der Waals surface area contributed by atoms with Crippen molar-refractivity contribution in [2.75, 3.05) is 0 Å². The van der Waals surface area contributed by atoms with Crippen LogP contribution in [0.15, 0.2) is 23.6 Å². The summed E-state index contributed by atoms with van der Waals surface area (Å²) in [6.45, 7) is 4.35. The van der Waals surface area contributed by atoms with Crippen LogP contribution in [0.4, 0.5) is 5.69 Å². The number of rotatable bonds is 5. The van der Waals surface area contributed by atoms with Crippen molar-refractivity contribution in [1.82, 2.24) is 10.3 Å². The van der Waals surface area contributed by atoms with Gasteiger partial charge in [-0.25, -0.2) is 4.98 Å². The number of carbonyl (C=O) groups is 1. The van der Waals surface area contributed by atoms with E-state index in [0.29, 0.717) is 5.92 Å². The second-order valence-electron chi connectivity index (χ2n) is 4.98. The second-order valence-corrected chi connectivity index (χ2v) is 5.86. The van der Waals surface area contributed by atoms with Crippen molar-refractivity contribution in [1.29, 1.82) is 0 Å². The lowest BCUT2D eigenvalue weighted by atomic mass is 10.2. The van der Waals surface area contributed by atoms with E-state index in [1.165, 1.54) is 17.4 Å². The lowest BCUT2D eigenvalue weighted by Crippen LogP contribution is -2.22. The van der Waals surface area contributed by atoms with Gasteiger partial charge in [0, 0.05) is 22.9 Å². The minimum atomic E-state index is -0.709. The Bertz CT molecular complexity index is 712. The Hall–Kier alpha value is -2.48. The number of phenolic OH excluding ortho intramolecular Hbond substituents is 1. The number of thiazole rings is 1. The van der Waals surface area contributed by atoms with Gasteiger partial charge in [0.15, 0.2) is 5.75 Å². The summed E-state index contributed by atoms with van der Waals surface area (Å²) in [4.78, 5) is 26.3. The molecule has 0 saturated carbocycles. The van der Waals surface area contributed by atoms with Crippen molar-refractivity contribution in [2.24, 2.45) is 0 Å². The number of hydrogen-bond donors (Lipinski definition) is 2. The molecule has 2 N–H and O–H groups in total. The van der Waals surface area contributed by atoms with Gasteiger partial charge in [0.05, 0.1) is 22.2 Å². The first-order valence-electron chi connectivity index (χ1n) is 6.58. The predicted molar refractivity (Wildman–Crippen MR) is 82.1 cm³/mol. The van der Waals surface area contributed by atoms with Crippen LogP contribution >= 0.6 is 11.3 Å². The summed E-state index contributed by atoms with van der Waals surface area (Å²) in [5.41, 5.74) is 0.480. The lowest BCUT2D eigenvalue weighted by Gasteiger charge is -2.04. The molecule has 1 aromatic heterocycles. The normalized spacial score (nSPS) is 10.7. The summed E-state index contributed by atoms with van der Waals surface area (Å²) in [6.07, 6.45) is 0. The molecule has 116 valence electrons. The molecule has 0 aliphatic heterocycles. The Balaban J connectivity index is 2.02. The summed E-state index contributed by atoms with van der Waals surface area (Å²) in [5.74, 6) is -0.626. The van der Waals surface area contributed by atoms with Gasteiger partial charge in [-0.1, -0.05) is 13.8 Å². The Morgan fingerprint density at radius 3 is 2.77 bits per heavy atom. The summed E-state index contributed by atoms with van der Waals surface area (Å²) < 4.78 is 0. The molecule has 0 radical (unpaired) electrons. The number of nitro benzene ring substituents is 1. The molecule has 22 heavy (non-hydrogen) atoms. The van der Waals surface area contributed by atoms with Gasteiger partial charge in [0.1, 0.15) is 0 Å². The topological polar surface area (TPSA) is 105 Å². The van der Waals surface area contributed by atoms with E-state index in [1.54, 1.807) is 0 Å². The number of nitro groups is 1. The first kappa shape index (κ1) is 15.9. The van der Waals surface area contributed by atoms with Crippen molar-refractivity contribution in [3.63, 3.8) is 0 Å². The first-order chi connectivity index (χ1) is 10.4. The zero-order valence-corrected chi connectivity index (χ0v) is 12.9. The van der Waals surface area contributed by atoms with Crippen LogP contribution in [0.3, 0.4) is 0 Å². The van der Waals surface area contributed by atoms with E-state index in [9.17, 15) is 20.0 Å². The molecule has 0 atom stereocenters. The van der Waals surface area contributed by atoms with Crippen LogP contribution in [0.25, 0.3) is 0 Å². The van der Waals surface area contributed by atoms with Crippen molar-refractivity contribution >= 4 is 22.9 Å². The van der Waals surface area contributed by atoms with Crippen molar-refractivity contribution in [3.05, 3.63) is 50.0 Å². The number of amides is 1. The number of aromatic nitrogens is 1. The molecule has 0 aliphatic rings. The Morgan fingerprint density at radius 1 is 1.50 bits per heavy atom. The number of aromatic hydroxyl groups is 1. The fourth-order valence-electron chi connectivity index (χ4n) is 1.76. The molecule has 7 nitrogen and oxygen atoms in total. The molecule has 2 aromatic rings. The molecule has 0 spiro atoms. The van der Waals surface area contributed by atoms with Gasteiger partial charge in [-0.05, 0) is 12.1 Å². The Morgan fingerprint density at radius 2 is 2.23 bits per heavy atom. The highest BCUT2D eigenvalue weighted by atomic mass is 32.1. The third kappa shape index (κ3) is 3.59. The van der Waals surface area contributed by atoms with E-state index >= 15 is 0 Å². The SMILES string of the molecule is CC(C)c1nc(CNC(=O)c2ccc([N+](=O)[O-])c(O)c2)cs1. The molecule has 1 heterocycles.